The molecule has 23 heavy (non-hydrogen) atoms. The summed E-state index contributed by atoms with van der Waals surface area (Å²) >= 11 is 0. The van der Waals surface area contributed by atoms with Crippen LogP contribution < -0.4 is 10.6 Å². The lowest BCUT2D eigenvalue weighted by molar-refractivity contribution is 0.0525. The highest BCUT2D eigenvalue weighted by Gasteiger charge is 2.17. The van der Waals surface area contributed by atoms with Crippen LogP contribution >= 0.6 is 0 Å². The molecule has 138 valence electrons. The van der Waals surface area contributed by atoms with E-state index in [1.807, 2.05) is 20.8 Å². The molecule has 0 spiro atoms. The third-order valence-electron chi connectivity index (χ3n) is 3.24. The predicted octanol–water partition coefficient (Wildman–Crippen LogP) is 2.71. The monoisotopic (exact) mass is 332 g/mol. The van der Waals surface area contributed by atoms with Crippen molar-refractivity contribution in [3.05, 3.63) is 0 Å². The molecule has 6 heteroatoms. The molecule has 2 atom stereocenters. The average Bonchev–Trinajstić information content (AvgIpc) is 2.42. The number of hydrogen-bond acceptors (Lipinski definition) is 5. The van der Waals surface area contributed by atoms with Gasteiger partial charge in [-0.3, -0.25) is 0 Å². The van der Waals surface area contributed by atoms with E-state index in [0.717, 1.165) is 25.7 Å². The molecule has 0 radical (unpaired) electrons. The van der Waals surface area contributed by atoms with Crippen molar-refractivity contribution in [3.8, 4) is 0 Å². The van der Waals surface area contributed by atoms with E-state index in [1.54, 1.807) is 14.2 Å². The van der Waals surface area contributed by atoms with Gasteiger partial charge in [-0.2, -0.15) is 0 Å². The quantitative estimate of drug-likeness (QED) is 0.538. The number of methoxy groups -OCH3 is 2. The summed E-state index contributed by atoms with van der Waals surface area (Å²) in [5.41, 5.74) is -0.461. The van der Waals surface area contributed by atoms with Gasteiger partial charge in [0, 0.05) is 32.8 Å². The van der Waals surface area contributed by atoms with Crippen LogP contribution in [0.5, 0.6) is 0 Å². The van der Waals surface area contributed by atoms with Gasteiger partial charge in [0.2, 0.25) is 0 Å². The SMILES string of the molecule is CCCC(COC)NC(CCCNC(=O)OC(C)(C)C)COC. The van der Waals surface area contributed by atoms with Crippen molar-refractivity contribution in [2.24, 2.45) is 0 Å². The first-order chi connectivity index (χ1) is 10.8. The summed E-state index contributed by atoms with van der Waals surface area (Å²) in [6.45, 7) is 9.68. The molecule has 0 saturated carbocycles. The minimum Gasteiger partial charge on any atom is -0.444 e. The fourth-order valence-corrected chi connectivity index (χ4v) is 2.37. The highest BCUT2D eigenvalue weighted by Crippen LogP contribution is 2.07. The Hall–Kier alpha value is -0.850. The highest BCUT2D eigenvalue weighted by molar-refractivity contribution is 5.67. The second kappa shape index (κ2) is 12.6. The number of ether oxygens (including phenoxy) is 3. The van der Waals surface area contributed by atoms with Crippen LogP contribution in [0.1, 0.15) is 53.4 Å². The number of carbonyl (C=O) groups excluding carboxylic acids is 1. The predicted molar refractivity (Wildman–Crippen MR) is 92.8 cm³/mol. The molecule has 0 aliphatic heterocycles. The molecule has 0 heterocycles. The Morgan fingerprint density at radius 2 is 1.61 bits per heavy atom. The Labute approximate surface area is 141 Å². The van der Waals surface area contributed by atoms with E-state index in [1.165, 1.54) is 0 Å². The topological polar surface area (TPSA) is 68.8 Å². The van der Waals surface area contributed by atoms with Gasteiger partial charge in [0.15, 0.2) is 0 Å². The first-order valence-electron chi connectivity index (χ1n) is 8.53. The Morgan fingerprint density at radius 3 is 2.09 bits per heavy atom. The molecule has 0 aliphatic carbocycles. The third-order valence-corrected chi connectivity index (χ3v) is 3.24. The van der Waals surface area contributed by atoms with Gasteiger partial charge in [0.1, 0.15) is 5.60 Å². The first kappa shape index (κ1) is 22.1. The number of amides is 1. The zero-order valence-electron chi connectivity index (χ0n) is 15.7. The summed E-state index contributed by atoms with van der Waals surface area (Å²) in [6, 6.07) is 0.594. The highest BCUT2D eigenvalue weighted by atomic mass is 16.6. The van der Waals surface area contributed by atoms with E-state index in [2.05, 4.69) is 17.6 Å². The molecule has 0 rings (SSSR count). The van der Waals surface area contributed by atoms with E-state index in [9.17, 15) is 4.79 Å². The molecule has 6 nitrogen and oxygen atoms in total. The minimum atomic E-state index is -0.461. The van der Waals surface area contributed by atoms with Crippen LogP contribution in [0.25, 0.3) is 0 Å². The van der Waals surface area contributed by atoms with Crippen molar-refractivity contribution >= 4 is 6.09 Å². The first-order valence-corrected chi connectivity index (χ1v) is 8.53. The molecule has 0 bridgehead atoms. The molecule has 0 saturated heterocycles. The van der Waals surface area contributed by atoms with Gasteiger partial charge in [-0.15, -0.1) is 0 Å². The molecule has 0 aromatic carbocycles. The summed E-state index contributed by atoms with van der Waals surface area (Å²) in [5.74, 6) is 0. The van der Waals surface area contributed by atoms with Gasteiger partial charge < -0.3 is 24.8 Å². The molecule has 0 aromatic rings. The van der Waals surface area contributed by atoms with Crippen LogP contribution in [-0.4, -0.2) is 57.8 Å². The van der Waals surface area contributed by atoms with Crippen molar-refractivity contribution in [2.75, 3.05) is 34.0 Å². The summed E-state index contributed by atoms with van der Waals surface area (Å²) in [6.07, 6.45) is 3.61. The lowest BCUT2D eigenvalue weighted by Gasteiger charge is -2.25. The van der Waals surface area contributed by atoms with Crippen LogP contribution in [0, 0.1) is 0 Å². The second-order valence-electron chi connectivity index (χ2n) is 6.83. The number of alkyl carbamates (subject to hydrolysis) is 1. The summed E-state index contributed by atoms with van der Waals surface area (Å²) < 4.78 is 15.8. The van der Waals surface area contributed by atoms with Crippen LogP contribution in [0.2, 0.25) is 0 Å². The summed E-state index contributed by atoms with van der Waals surface area (Å²) in [4.78, 5) is 11.6. The van der Waals surface area contributed by atoms with Gasteiger partial charge in [-0.05, 0) is 40.0 Å². The van der Waals surface area contributed by atoms with Crippen molar-refractivity contribution in [2.45, 2.75) is 71.1 Å². The fraction of sp³-hybridized carbons (Fsp3) is 0.941. The third kappa shape index (κ3) is 13.3. The molecule has 0 fully saturated rings. The molecular formula is C17H36N2O4. The maximum absolute atomic E-state index is 11.6. The molecule has 2 unspecified atom stereocenters. The number of nitrogens with one attached hydrogen (secondary N) is 2. The summed E-state index contributed by atoms with van der Waals surface area (Å²) in [5, 5.41) is 6.38. The van der Waals surface area contributed by atoms with Crippen LogP contribution in [0.3, 0.4) is 0 Å². The van der Waals surface area contributed by atoms with Crippen molar-refractivity contribution < 1.29 is 19.0 Å². The smallest absolute Gasteiger partial charge is 0.407 e. The van der Waals surface area contributed by atoms with Crippen LogP contribution in [0.15, 0.2) is 0 Å². The van der Waals surface area contributed by atoms with E-state index >= 15 is 0 Å². The lowest BCUT2D eigenvalue weighted by atomic mass is 10.1. The Kier molecular flexibility index (Phi) is 12.1. The summed E-state index contributed by atoms with van der Waals surface area (Å²) in [7, 11) is 3.43. The van der Waals surface area contributed by atoms with Crippen molar-refractivity contribution in [1.82, 2.24) is 10.6 Å². The molecular weight excluding hydrogens is 296 g/mol. The van der Waals surface area contributed by atoms with Crippen LogP contribution in [-0.2, 0) is 14.2 Å². The second-order valence-corrected chi connectivity index (χ2v) is 6.83. The lowest BCUT2D eigenvalue weighted by Crippen LogP contribution is -2.43. The van der Waals surface area contributed by atoms with Crippen molar-refractivity contribution in [3.63, 3.8) is 0 Å². The average molecular weight is 332 g/mol. The normalized spacial score (nSPS) is 14.3. The largest absolute Gasteiger partial charge is 0.444 e. The van der Waals surface area contributed by atoms with Gasteiger partial charge >= 0.3 is 6.09 Å². The molecule has 1 amide bonds. The Balaban J connectivity index is 4.10. The van der Waals surface area contributed by atoms with Crippen LogP contribution in [0.4, 0.5) is 4.79 Å². The van der Waals surface area contributed by atoms with E-state index in [0.29, 0.717) is 25.8 Å². The van der Waals surface area contributed by atoms with E-state index < -0.39 is 5.60 Å². The van der Waals surface area contributed by atoms with E-state index in [4.69, 9.17) is 14.2 Å². The van der Waals surface area contributed by atoms with Gasteiger partial charge in [-0.1, -0.05) is 13.3 Å². The van der Waals surface area contributed by atoms with Crippen molar-refractivity contribution in [1.29, 1.82) is 0 Å². The minimum absolute atomic E-state index is 0.257. The Bertz CT molecular complexity index is 299. The number of rotatable bonds is 12. The van der Waals surface area contributed by atoms with Gasteiger partial charge in [0.05, 0.1) is 13.2 Å². The standard InChI is InChI=1S/C17H36N2O4/c1-7-9-14(12-21-5)19-15(13-22-6)10-8-11-18-16(20)23-17(2,3)4/h14-15,19H,7-13H2,1-6H3,(H,18,20). The zero-order chi connectivity index (χ0) is 17.7. The maximum atomic E-state index is 11.6. The number of hydrogen-bond donors (Lipinski definition) is 2. The van der Waals surface area contributed by atoms with Gasteiger partial charge in [-0.25, -0.2) is 4.79 Å². The zero-order valence-corrected chi connectivity index (χ0v) is 15.7. The maximum Gasteiger partial charge on any atom is 0.407 e. The molecule has 0 aromatic heterocycles. The Morgan fingerprint density at radius 1 is 1.04 bits per heavy atom. The van der Waals surface area contributed by atoms with E-state index in [-0.39, 0.29) is 12.1 Å². The number of carbonyl (C=O) groups is 1. The molecule has 2 N–H and O–H groups in total. The molecule has 0 aliphatic rings. The fourth-order valence-electron chi connectivity index (χ4n) is 2.37. The van der Waals surface area contributed by atoms with Gasteiger partial charge in [0.25, 0.3) is 0 Å².